The zero-order valence-corrected chi connectivity index (χ0v) is 11.2. The van der Waals surface area contributed by atoms with Gasteiger partial charge in [-0.1, -0.05) is 35.6 Å². The van der Waals surface area contributed by atoms with Gasteiger partial charge in [0.15, 0.2) is 0 Å². The molecule has 0 aliphatic heterocycles. The van der Waals surface area contributed by atoms with Gasteiger partial charge in [0.1, 0.15) is 0 Å². The summed E-state index contributed by atoms with van der Waals surface area (Å²) in [6.07, 6.45) is 2.64. The Morgan fingerprint density at radius 2 is 2.05 bits per heavy atom. The maximum Gasteiger partial charge on any atom is 0.328 e. The van der Waals surface area contributed by atoms with Crippen molar-refractivity contribution in [1.29, 1.82) is 0 Å². The van der Waals surface area contributed by atoms with Crippen LogP contribution in [0.5, 0.6) is 0 Å². The van der Waals surface area contributed by atoms with Crippen LogP contribution in [0.2, 0.25) is 0 Å². The van der Waals surface area contributed by atoms with Crippen molar-refractivity contribution in [3.8, 4) is 0 Å². The van der Waals surface area contributed by atoms with Gasteiger partial charge in [-0.15, -0.1) is 0 Å². The van der Waals surface area contributed by atoms with Crippen molar-refractivity contribution in [3.05, 3.63) is 62.2 Å². The van der Waals surface area contributed by atoms with Gasteiger partial charge in [-0.05, 0) is 24.1 Å². The van der Waals surface area contributed by atoms with E-state index < -0.39 is 5.97 Å². The molecule has 19 heavy (non-hydrogen) atoms. The molecule has 4 nitrogen and oxygen atoms in total. The highest BCUT2D eigenvalue weighted by molar-refractivity contribution is 7.07. The third-order valence-electron chi connectivity index (χ3n) is 2.72. The summed E-state index contributed by atoms with van der Waals surface area (Å²) in [5, 5.41) is 10.4. The van der Waals surface area contributed by atoms with E-state index >= 15 is 0 Å². The molecule has 1 aromatic carbocycles. The fourth-order valence-corrected chi connectivity index (χ4v) is 2.41. The largest absolute Gasteiger partial charge is 0.478 e. The van der Waals surface area contributed by atoms with Crippen molar-refractivity contribution in [3.63, 3.8) is 0 Å². The van der Waals surface area contributed by atoms with Gasteiger partial charge in [0.05, 0.1) is 6.54 Å². The third-order valence-corrected chi connectivity index (χ3v) is 3.60. The predicted molar refractivity (Wildman–Crippen MR) is 75.5 cm³/mol. The van der Waals surface area contributed by atoms with Crippen molar-refractivity contribution in [2.24, 2.45) is 0 Å². The van der Waals surface area contributed by atoms with E-state index in [0.29, 0.717) is 6.54 Å². The number of hydrogen-bond acceptors (Lipinski definition) is 3. The van der Waals surface area contributed by atoms with Crippen LogP contribution in [0.4, 0.5) is 0 Å². The highest BCUT2D eigenvalue weighted by Crippen LogP contribution is 2.09. The second kappa shape index (κ2) is 5.67. The maximum atomic E-state index is 11.6. The van der Waals surface area contributed by atoms with Gasteiger partial charge in [-0.3, -0.25) is 9.36 Å². The van der Waals surface area contributed by atoms with E-state index in [1.165, 1.54) is 17.4 Å². The fourth-order valence-electron chi connectivity index (χ4n) is 1.68. The number of thiazole rings is 1. The van der Waals surface area contributed by atoms with Crippen molar-refractivity contribution < 1.29 is 9.90 Å². The SMILES string of the molecule is Cc1csc(=O)n1Cc1ccc(C=CC(=O)O)cc1. The molecule has 2 rings (SSSR count). The molecule has 0 radical (unpaired) electrons. The lowest BCUT2D eigenvalue weighted by Crippen LogP contribution is -2.15. The number of aliphatic carboxylic acids is 1. The molecule has 0 saturated heterocycles. The molecule has 0 atom stereocenters. The average Bonchev–Trinajstić information content (AvgIpc) is 2.70. The molecule has 1 N–H and O–H groups in total. The number of hydrogen-bond donors (Lipinski definition) is 1. The summed E-state index contributed by atoms with van der Waals surface area (Å²) in [7, 11) is 0. The lowest BCUT2D eigenvalue weighted by atomic mass is 10.1. The predicted octanol–water partition coefficient (Wildman–Crippen LogP) is 2.36. The number of aryl methyl sites for hydroxylation is 1. The summed E-state index contributed by atoms with van der Waals surface area (Å²) in [5.74, 6) is -0.968. The minimum absolute atomic E-state index is 0.0346. The number of carboxylic acids is 1. The van der Waals surface area contributed by atoms with Crippen molar-refractivity contribution in [2.45, 2.75) is 13.5 Å². The van der Waals surface area contributed by atoms with Crippen molar-refractivity contribution in [2.75, 3.05) is 0 Å². The summed E-state index contributed by atoms with van der Waals surface area (Å²) in [4.78, 5) is 22.0. The van der Waals surface area contributed by atoms with Crippen LogP contribution < -0.4 is 4.87 Å². The van der Waals surface area contributed by atoms with Crippen LogP contribution in [-0.4, -0.2) is 15.6 Å². The van der Waals surface area contributed by atoms with Crippen LogP contribution in [-0.2, 0) is 11.3 Å². The van der Waals surface area contributed by atoms with Crippen LogP contribution in [0, 0.1) is 6.92 Å². The molecule has 0 unspecified atom stereocenters. The first-order chi connectivity index (χ1) is 9.06. The highest BCUT2D eigenvalue weighted by atomic mass is 32.1. The summed E-state index contributed by atoms with van der Waals surface area (Å²) < 4.78 is 1.72. The zero-order chi connectivity index (χ0) is 13.8. The number of aromatic nitrogens is 1. The molecule has 98 valence electrons. The van der Waals surface area contributed by atoms with Crippen LogP contribution in [0.1, 0.15) is 16.8 Å². The maximum absolute atomic E-state index is 11.6. The standard InChI is InChI=1S/C14H13NO3S/c1-10-9-19-14(18)15(10)8-12-4-2-11(3-5-12)6-7-13(16)17/h2-7,9H,8H2,1H3,(H,16,17). The quantitative estimate of drug-likeness (QED) is 0.871. The van der Waals surface area contributed by atoms with Gasteiger partial charge < -0.3 is 5.11 Å². The van der Waals surface area contributed by atoms with Crippen molar-refractivity contribution in [1.82, 2.24) is 4.57 Å². The molecule has 0 bridgehead atoms. The van der Waals surface area contributed by atoms with Gasteiger partial charge in [0.2, 0.25) is 0 Å². The van der Waals surface area contributed by atoms with Crippen LogP contribution >= 0.6 is 11.3 Å². The molecule has 0 spiro atoms. The molecule has 0 aliphatic carbocycles. The second-order valence-electron chi connectivity index (χ2n) is 4.14. The van der Waals surface area contributed by atoms with E-state index in [0.717, 1.165) is 22.9 Å². The number of nitrogens with zero attached hydrogens (tertiary/aromatic N) is 1. The molecule has 0 amide bonds. The van der Waals surface area contributed by atoms with Gasteiger partial charge in [0, 0.05) is 17.2 Å². The topological polar surface area (TPSA) is 59.3 Å². The van der Waals surface area contributed by atoms with Crippen molar-refractivity contribution >= 4 is 23.4 Å². The summed E-state index contributed by atoms with van der Waals surface area (Å²) in [6, 6.07) is 7.46. The molecule has 0 fully saturated rings. The lowest BCUT2D eigenvalue weighted by molar-refractivity contribution is -0.131. The Bertz CT molecular complexity index is 665. The fraction of sp³-hybridized carbons (Fsp3) is 0.143. The summed E-state index contributed by atoms with van der Waals surface area (Å²) in [5.41, 5.74) is 2.78. The van der Waals surface area contributed by atoms with Crippen LogP contribution in [0.15, 0.2) is 40.5 Å². The number of carboxylic acid groups (broad SMARTS) is 1. The molecule has 5 heteroatoms. The Labute approximate surface area is 114 Å². The Hall–Kier alpha value is -2.14. The summed E-state index contributed by atoms with van der Waals surface area (Å²) in [6.45, 7) is 2.44. The van der Waals surface area contributed by atoms with Crippen LogP contribution in [0.3, 0.4) is 0 Å². The minimum Gasteiger partial charge on any atom is -0.478 e. The first kappa shape index (κ1) is 13.3. The monoisotopic (exact) mass is 275 g/mol. The highest BCUT2D eigenvalue weighted by Gasteiger charge is 2.03. The Morgan fingerprint density at radius 3 is 2.58 bits per heavy atom. The molecule has 0 saturated carbocycles. The molecule has 1 aromatic heterocycles. The lowest BCUT2D eigenvalue weighted by Gasteiger charge is -2.04. The molecule has 1 heterocycles. The van der Waals surface area contributed by atoms with E-state index in [1.807, 2.05) is 36.6 Å². The van der Waals surface area contributed by atoms with Gasteiger partial charge in [-0.2, -0.15) is 0 Å². The Morgan fingerprint density at radius 1 is 1.37 bits per heavy atom. The molecular formula is C14H13NO3S. The Balaban J connectivity index is 2.15. The average molecular weight is 275 g/mol. The molecule has 0 aliphatic rings. The first-order valence-corrected chi connectivity index (χ1v) is 6.59. The number of carbonyl (C=O) groups is 1. The van der Waals surface area contributed by atoms with E-state index in [2.05, 4.69) is 0 Å². The molecule has 2 aromatic rings. The number of rotatable bonds is 4. The van der Waals surface area contributed by atoms with E-state index in [9.17, 15) is 9.59 Å². The first-order valence-electron chi connectivity index (χ1n) is 5.71. The van der Waals surface area contributed by atoms with E-state index in [-0.39, 0.29) is 4.87 Å². The minimum atomic E-state index is -0.968. The normalized spacial score (nSPS) is 11.0. The van der Waals surface area contributed by atoms with Crippen LogP contribution in [0.25, 0.3) is 6.08 Å². The second-order valence-corrected chi connectivity index (χ2v) is 4.96. The molecular weight excluding hydrogens is 262 g/mol. The zero-order valence-electron chi connectivity index (χ0n) is 10.4. The Kier molecular flexibility index (Phi) is 3.97. The van der Waals surface area contributed by atoms with Gasteiger partial charge in [0.25, 0.3) is 0 Å². The smallest absolute Gasteiger partial charge is 0.328 e. The van der Waals surface area contributed by atoms with Gasteiger partial charge in [-0.25, -0.2) is 4.79 Å². The van der Waals surface area contributed by atoms with E-state index in [1.54, 1.807) is 4.57 Å². The summed E-state index contributed by atoms with van der Waals surface area (Å²) >= 11 is 1.20. The third kappa shape index (κ3) is 3.42. The van der Waals surface area contributed by atoms with Gasteiger partial charge >= 0.3 is 10.8 Å². The number of benzene rings is 1. The van der Waals surface area contributed by atoms with E-state index in [4.69, 9.17) is 5.11 Å².